The number of furan rings is 1. The van der Waals surface area contributed by atoms with Gasteiger partial charge in [-0.05, 0) is 31.2 Å². The number of hydrogen-bond donors (Lipinski definition) is 1. The number of hydrogen-bond acceptors (Lipinski definition) is 6. The zero-order chi connectivity index (χ0) is 19.9. The second kappa shape index (κ2) is 9.11. The van der Waals surface area contributed by atoms with Gasteiger partial charge in [0.15, 0.2) is 6.61 Å². The number of carbonyl (C=O) groups excluding carboxylic acids is 2. The molecule has 1 heterocycles. The smallest absolute Gasteiger partial charge is 0.307 e. The molecule has 0 saturated carbocycles. The van der Waals surface area contributed by atoms with Crippen molar-refractivity contribution in [2.45, 2.75) is 18.2 Å². The molecule has 0 aliphatic carbocycles. The maximum atomic E-state index is 12.1. The first-order chi connectivity index (χ1) is 13.6. The van der Waals surface area contributed by atoms with Gasteiger partial charge in [0.05, 0.1) is 6.42 Å². The van der Waals surface area contributed by atoms with E-state index in [1.54, 1.807) is 36.0 Å². The molecule has 1 aromatic heterocycles. The van der Waals surface area contributed by atoms with Crippen LogP contribution >= 0.6 is 11.8 Å². The van der Waals surface area contributed by atoms with E-state index in [1.807, 2.05) is 37.3 Å². The number of anilines is 1. The third-order valence-electron chi connectivity index (χ3n) is 3.92. The van der Waals surface area contributed by atoms with Crippen LogP contribution < -0.4 is 5.32 Å². The van der Waals surface area contributed by atoms with Crippen LogP contribution in [-0.2, 0) is 14.3 Å². The Kier molecular flexibility index (Phi) is 6.35. The van der Waals surface area contributed by atoms with Gasteiger partial charge < -0.3 is 14.5 Å². The van der Waals surface area contributed by atoms with E-state index in [2.05, 4.69) is 5.32 Å². The van der Waals surface area contributed by atoms with Gasteiger partial charge in [-0.3, -0.25) is 9.59 Å². The predicted molar refractivity (Wildman–Crippen MR) is 107 cm³/mol. The highest BCUT2D eigenvalue weighted by molar-refractivity contribution is 7.99. The molecule has 142 valence electrons. The Hall–Kier alpha value is -3.24. The summed E-state index contributed by atoms with van der Waals surface area (Å²) in [7, 11) is 0. The number of thioether (sulfide) groups is 1. The van der Waals surface area contributed by atoms with Gasteiger partial charge in [-0.1, -0.05) is 29.8 Å². The third kappa shape index (κ3) is 4.93. The van der Waals surface area contributed by atoms with E-state index in [4.69, 9.17) is 9.15 Å². The van der Waals surface area contributed by atoms with E-state index in [0.29, 0.717) is 16.7 Å². The second-order valence-electron chi connectivity index (χ2n) is 6.03. The summed E-state index contributed by atoms with van der Waals surface area (Å²) in [5.41, 5.74) is 1.97. The molecule has 0 spiro atoms. The molecule has 0 aliphatic rings. The van der Waals surface area contributed by atoms with Crippen LogP contribution in [0, 0.1) is 18.3 Å². The molecule has 1 amide bonds. The molecule has 0 unspecified atom stereocenters. The average molecular weight is 394 g/mol. The van der Waals surface area contributed by atoms with Crippen molar-refractivity contribution in [2.24, 2.45) is 0 Å². The van der Waals surface area contributed by atoms with Gasteiger partial charge in [0.25, 0.3) is 5.91 Å². The number of ether oxygens (including phenoxy) is 1. The predicted octanol–water partition coefficient (Wildman–Crippen LogP) is 4.28. The number of nitrogens with one attached hydrogen (secondary N) is 1. The van der Waals surface area contributed by atoms with Gasteiger partial charge in [0.2, 0.25) is 5.76 Å². The Balaban J connectivity index is 1.47. The van der Waals surface area contributed by atoms with Crippen molar-refractivity contribution in [3.63, 3.8) is 0 Å². The van der Waals surface area contributed by atoms with Crippen LogP contribution in [0.5, 0.6) is 0 Å². The van der Waals surface area contributed by atoms with Crippen LogP contribution in [0.1, 0.15) is 17.7 Å². The van der Waals surface area contributed by atoms with Crippen LogP contribution in [0.2, 0.25) is 0 Å². The average Bonchev–Trinajstić information content (AvgIpc) is 3.05. The van der Waals surface area contributed by atoms with Crippen LogP contribution in [-0.4, -0.2) is 24.2 Å². The molecule has 3 aromatic rings. The molecular weight excluding hydrogens is 376 g/mol. The molecule has 0 bridgehead atoms. The van der Waals surface area contributed by atoms with Crippen molar-refractivity contribution in [1.29, 1.82) is 5.26 Å². The van der Waals surface area contributed by atoms with E-state index in [9.17, 15) is 14.9 Å². The molecule has 1 N–H and O–H groups in total. The summed E-state index contributed by atoms with van der Waals surface area (Å²) in [4.78, 5) is 25.0. The first kappa shape index (κ1) is 19.5. The number of aryl methyl sites for hydroxylation is 1. The number of nitriles is 1. The van der Waals surface area contributed by atoms with Gasteiger partial charge in [-0.15, -0.1) is 11.8 Å². The van der Waals surface area contributed by atoms with Gasteiger partial charge in [-0.2, -0.15) is 5.26 Å². The second-order valence-corrected chi connectivity index (χ2v) is 7.20. The van der Waals surface area contributed by atoms with Crippen molar-refractivity contribution >= 4 is 40.3 Å². The number of rotatable bonds is 7. The number of para-hydroxylation sites is 1. The summed E-state index contributed by atoms with van der Waals surface area (Å²) >= 11 is 1.55. The zero-order valence-corrected chi connectivity index (χ0v) is 16.0. The first-order valence-electron chi connectivity index (χ1n) is 8.63. The molecule has 0 atom stereocenters. The fourth-order valence-electron chi connectivity index (χ4n) is 2.53. The largest absolute Gasteiger partial charge is 0.456 e. The van der Waals surface area contributed by atoms with Crippen LogP contribution in [0.15, 0.2) is 57.8 Å². The van der Waals surface area contributed by atoms with E-state index in [-0.39, 0.29) is 17.9 Å². The number of fused-ring (bicyclic) bond motifs is 1. The molecule has 0 fully saturated rings. The van der Waals surface area contributed by atoms with Crippen molar-refractivity contribution < 1.29 is 18.7 Å². The zero-order valence-electron chi connectivity index (χ0n) is 15.2. The van der Waals surface area contributed by atoms with Crippen LogP contribution in [0.25, 0.3) is 11.0 Å². The highest BCUT2D eigenvalue weighted by atomic mass is 32.2. The number of amides is 1. The lowest BCUT2D eigenvalue weighted by Crippen LogP contribution is -2.21. The Morgan fingerprint density at radius 1 is 1.18 bits per heavy atom. The Morgan fingerprint density at radius 3 is 2.68 bits per heavy atom. The Morgan fingerprint density at radius 2 is 1.93 bits per heavy atom. The van der Waals surface area contributed by atoms with E-state index < -0.39 is 18.5 Å². The molecular formula is C21H18N2O4S. The van der Waals surface area contributed by atoms with Crippen LogP contribution in [0.4, 0.5) is 5.69 Å². The molecule has 3 rings (SSSR count). The van der Waals surface area contributed by atoms with Gasteiger partial charge >= 0.3 is 5.97 Å². The van der Waals surface area contributed by atoms with Crippen molar-refractivity contribution in [3.8, 4) is 6.07 Å². The highest BCUT2D eigenvalue weighted by Crippen LogP contribution is 2.30. The minimum absolute atomic E-state index is 0.00961. The summed E-state index contributed by atoms with van der Waals surface area (Å²) in [5, 5.41) is 12.4. The molecule has 0 radical (unpaired) electrons. The summed E-state index contributed by atoms with van der Waals surface area (Å²) in [5.74, 6) is -0.403. The molecule has 0 aliphatic heterocycles. The van der Waals surface area contributed by atoms with Crippen molar-refractivity contribution in [3.05, 3.63) is 59.9 Å². The first-order valence-corrected chi connectivity index (χ1v) is 9.62. The van der Waals surface area contributed by atoms with E-state index >= 15 is 0 Å². The van der Waals surface area contributed by atoms with Crippen molar-refractivity contribution in [1.82, 2.24) is 0 Å². The van der Waals surface area contributed by atoms with Crippen molar-refractivity contribution in [2.75, 3.05) is 17.7 Å². The number of nitrogens with zero attached hydrogens (tertiary/aromatic N) is 1. The van der Waals surface area contributed by atoms with Gasteiger partial charge in [-0.25, -0.2) is 0 Å². The Labute approximate surface area is 166 Å². The van der Waals surface area contributed by atoms with E-state index in [0.717, 1.165) is 4.90 Å². The third-order valence-corrected chi connectivity index (χ3v) is 4.94. The lowest BCUT2D eigenvalue weighted by molar-refractivity contribution is -0.146. The topological polar surface area (TPSA) is 92.3 Å². The molecule has 2 aromatic carbocycles. The fraction of sp³-hybridized carbons (Fsp3) is 0.190. The summed E-state index contributed by atoms with van der Waals surface area (Å²) in [6, 6.07) is 16.9. The SMILES string of the molecule is Cc1ccc(SCCC(=O)OCC(=O)Nc2c(C#N)oc3ccccc23)cc1. The summed E-state index contributed by atoms with van der Waals surface area (Å²) in [6.45, 7) is 1.60. The lowest BCUT2D eigenvalue weighted by Gasteiger charge is -2.06. The molecule has 0 saturated heterocycles. The maximum Gasteiger partial charge on any atom is 0.307 e. The number of carbonyl (C=O) groups is 2. The fourth-order valence-corrected chi connectivity index (χ4v) is 3.36. The monoisotopic (exact) mass is 394 g/mol. The van der Waals surface area contributed by atoms with Gasteiger partial charge in [0, 0.05) is 16.0 Å². The quantitative estimate of drug-likeness (QED) is 0.475. The Bertz CT molecular complexity index is 1030. The molecule has 6 nitrogen and oxygen atoms in total. The minimum atomic E-state index is -0.525. The van der Waals surface area contributed by atoms with E-state index in [1.165, 1.54) is 5.56 Å². The molecule has 28 heavy (non-hydrogen) atoms. The van der Waals surface area contributed by atoms with Crippen LogP contribution in [0.3, 0.4) is 0 Å². The summed E-state index contributed by atoms with van der Waals surface area (Å²) < 4.78 is 10.4. The normalized spacial score (nSPS) is 10.4. The lowest BCUT2D eigenvalue weighted by atomic mass is 10.2. The number of esters is 1. The summed E-state index contributed by atoms with van der Waals surface area (Å²) in [6.07, 6.45) is 0.198. The minimum Gasteiger partial charge on any atom is -0.456 e. The maximum absolute atomic E-state index is 12.1. The number of benzene rings is 2. The molecule has 7 heteroatoms. The highest BCUT2D eigenvalue weighted by Gasteiger charge is 2.17. The standard InChI is InChI=1S/C21H18N2O4S/c1-14-6-8-15(9-7-14)28-11-10-20(25)26-13-19(24)23-21-16-4-2-3-5-17(16)27-18(21)12-22/h2-9H,10-11,13H2,1H3,(H,23,24). The van der Waals surface area contributed by atoms with Gasteiger partial charge in [0.1, 0.15) is 17.3 Å².